The highest BCUT2D eigenvalue weighted by Gasteiger charge is 2.33. The van der Waals surface area contributed by atoms with E-state index in [2.05, 4.69) is 13.8 Å². The van der Waals surface area contributed by atoms with Gasteiger partial charge in [0.1, 0.15) is 0 Å². The Morgan fingerprint density at radius 3 is 2.37 bits per heavy atom. The summed E-state index contributed by atoms with van der Waals surface area (Å²) in [6, 6.07) is 20.3. The Morgan fingerprint density at radius 1 is 0.943 bits per heavy atom. The number of aryl methyl sites for hydroxylation is 1. The van der Waals surface area contributed by atoms with Crippen LogP contribution < -0.4 is 4.90 Å². The summed E-state index contributed by atoms with van der Waals surface area (Å²) in [6.07, 6.45) is 1.11. The SMILES string of the molecule is Cc1ccccc1CN1C(=O)c2ccccc2[S@](=O)c2ccc(C(=O)N3C[C@H](C)C[C@@H](C)C3)cc21. The monoisotopic (exact) mass is 486 g/mol. The fourth-order valence-corrected chi connectivity index (χ4v) is 6.67. The molecule has 1 saturated heterocycles. The number of benzene rings is 3. The summed E-state index contributed by atoms with van der Waals surface area (Å²) in [7, 11) is -1.54. The van der Waals surface area contributed by atoms with Gasteiger partial charge < -0.3 is 9.80 Å². The molecule has 0 radical (unpaired) electrons. The lowest BCUT2D eigenvalue weighted by molar-refractivity contribution is 0.0623. The molecule has 3 aromatic carbocycles. The van der Waals surface area contributed by atoms with E-state index in [0.717, 1.165) is 30.6 Å². The lowest BCUT2D eigenvalue weighted by atomic mass is 9.91. The van der Waals surface area contributed by atoms with Crippen LogP contribution in [0.25, 0.3) is 0 Å². The van der Waals surface area contributed by atoms with Crippen molar-refractivity contribution >= 4 is 28.3 Å². The van der Waals surface area contributed by atoms with Crippen LogP contribution in [0.15, 0.2) is 76.5 Å². The molecule has 6 heteroatoms. The lowest BCUT2D eigenvalue weighted by Crippen LogP contribution is -2.42. The van der Waals surface area contributed by atoms with Crippen LogP contribution in [0.4, 0.5) is 5.69 Å². The first-order valence-corrected chi connectivity index (χ1v) is 13.3. The maximum absolute atomic E-state index is 13.8. The summed E-state index contributed by atoms with van der Waals surface area (Å²) in [5.74, 6) is 0.650. The second kappa shape index (κ2) is 9.42. The Hall–Kier alpha value is -3.25. The van der Waals surface area contributed by atoms with Crippen molar-refractivity contribution in [3.8, 4) is 0 Å². The van der Waals surface area contributed by atoms with Gasteiger partial charge in [-0.3, -0.25) is 9.59 Å². The number of hydrogen-bond donors (Lipinski definition) is 0. The maximum Gasteiger partial charge on any atom is 0.259 e. The van der Waals surface area contributed by atoms with Crippen molar-refractivity contribution in [3.05, 3.63) is 89.0 Å². The third-order valence-electron chi connectivity index (χ3n) is 7.00. The molecule has 2 heterocycles. The summed E-state index contributed by atoms with van der Waals surface area (Å²) in [5.41, 5.74) is 3.57. The van der Waals surface area contributed by atoms with Crippen LogP contribution >= 0.6 is 0 Å². The molecule has 180 valence electrons. The molecule has 0 bridgehead atoms. The molecular weight excluding hydrogens is 456 g/mol. The van der Waals surface area contributed by atoms with E-state index in [9.17, 15) is 13.8 Å². The topological polar surface area (TPSA) is 57.7 Å². The van der Waals surface area contributed by atoms with Crippen molar-refractivity contribution in [1.82, 2.24) is 4.90 Å². The second-order valence-corrected chi connectivity index (χ2v) is 11.3. The van der Waals surface area contributed by atoms with E-state index in [-0.39, 0.29) is 11.8 Å². The molecule has 0 saturated carbocycles. The maximum atomic E-state index is 13.8. The minimum Gasteiger partial charge on any atom is -0.338 e. The zero-order valence-corrected chi connectivity index (χ0v) is 21.2. The molecule has 0 spiro atoms. The Bertz CT molecular complexity index is 1330. The highest BCUT2D eigenvalue weighted by Crippen LogP contribution is 2.37. The third kappa shape index (κ3) is 4.43. The normalized spacial score (nSPS) is 21.8. The number of hydrogen-bond acceptors (Lipinski definition) is 3. The van der Waals surface area contributed by atoms with Crippen LogP contribution in [0.5, 0.6) is 0 Å². The minimum absolute atomic E-state index is 0.0398. The van der Waals surface area contributed by atoms with E-state index in [1.165, 1.54) is 0 Å². The Morgan fingerprint density at radius 2 is 1.63 bits per heavy atom. The van der Waals surface area contributed by atoms with Crippen LogP contribution in [-0.4, -0.2) is 34.0 Å². The number of amides is 2. The van der Waals surface area contributed by atoms with E-state index in [4.69, 9.17) is 0 Å². The van der Waals surface area contributed by atoms with Gasteiger partial charge in [-0.2, -0.15) is 0 Å². The number of anilines is 1. The zero-order chi connectivity index (χ0) is 24.7. The molecule has 35 heavy (non-hydrogen) atoms. The molecule has 3 atom stereocenters. The van der Waals surface area contributed by atoms with Gasteiger partial charge in [-0.1, -0.05) is 50.2 Å². The Balaban J connectivity index is 1.61. The second-order valence-electron chi connectivity index (χ2n) is 9.92. The predicted octanol–water partition coefficient (Wildman–Crippen LogP) is 5.44. The number of rotatable bonds is 3. The smallest absolute Gasteiger partial charge is 0.259 e. The average Bonchev–Trinajstić information content (AvgIpc) is 2.93. The average molecular weight is 487 g/mol. The van der Waals surface area contributed by atoms with Gasteiger partial charge in [0.25, 0.3) is 11.8 Å². The third-order valence-corrected chi connectivity index (χ3v) is 8.50. The van der Waals surface area contributed by atoms with Crippen molar-refractivity contribution in [2.45, 2.75) is 43.5 Å². The number of likely N-dealkylation sites (tertiary alicyclic amines) is 1. The van der Waals surface area contributed by atoms with Gasteiger partial charge in [0.05, 0.1) is 38.4 Å². The summed E-state index contributed by atoms with van der Waals surface area (Å²) in [6.45, 7) is 8.15. The molecule has 0 aromatic heterocycles. The Labute approximate surface area is 209 Å². The Kier molecular flexibility index (Phi) is 6.32. The van der Waals surface area contributed by atoms with Crippen LogP contribution in [0.1, 0.15) is 52.1 Å². The zero-order valence-electron chi connectivity index (χ0n) is 20.4. The first-order valence-electron chi connectivity index (χ1n) is 12.1. The van der Waals surface area contributed by atoms with Crippen molar-refractivity contribution < 1.29 is 13.8 Å². The highest BCUT2D eigenvalue weighted by molar-refractivity contribution is 7.85. The lowest BCUT2D eigenvalue weighted by Gasteiger charge is -2.35. The number of piperidine rings is 1. The van der Waals surface area contributed by atoms with Gasteiger partial charge in [-0.25, -0.2) is 4.21 Å². The summed E-state index contributed by atoms with van der Waals surface area (Å²) in [5, 5.41) is 0. The van der Waals surface area contributed by atoms with Crippen LogP contribution in [0.3, 0.4) is 0 Å². The van der Waals surface area contributed by atoms with Gasteiger partial charge in [-0.15, -0.1) is 0 Å². The fraction of sp³-hybridized carbons (Fsp3) is 0.310. The molecule has 2 aliphatic heterocycles. The van der Waals surface area contributed by atoms with Crippen molar-refractivity contribution in [3.63, 3.8) is 0 Å². The van der Waals surface area contributed by atoms with Crippen molar-refractivity contribution in [2.24, 2.45) is 11.8 Å². The van der Waals surface area contributed by atoms with E-state index in [0.29, 0.717) is 45.0 Å². The van der Waals surface area contributed by atoms with Gasteiger partial charge >= 0.3 is 0 Å². The number of nitrogens with zero attached hydrogens (tertiary/aromatic N) is 2. The van der Waals surface area contributed by atoms with E-state index >= 15 is 0 Å². The van der Waals surface area contributed by atoms with Crippen LogP contribution in [0, 0.1) is 18.8 Å². The highest BCUT2D eigenvalue weighted by atomic mass is 32.2. The summed E-state index contributed by atoms with van der Waals surface area (Å²) >= 11 is 0. The first-order chi connectivity index (χ1) is 16.8. The molecule has 5 nitrogen and oxygen atoms in total. The number of carbonyl (C=O) groups excluding carboxylic acids is 2. The largest absolute Gasteiger partial charge is 0.338 e. The van der Waals surface area contributed by atoms with Gasteiger partial charge in [0.15, 0.2) is 0 Å². The predicted molar refractivity (Wildman–Crippen MR) is 138 cm³/mol. The molecule has 0 aliphatic carbocycles. The van der Waals surface area contributed by atoms with Gasteiger partial charge in [-0.05, 0) is 66.6 Å². The van der Waals surface area contributed by atoms with E-state index in [1.54, 1.807) is 47.4 Å². The molecule has 0 N–H and O–H groups in total. The summed E-state index contributed by atoms with van der Waals surface area (Å²) in [4.78, 5) is 32.0. The minimum atomic E-state index is -1.54. The van der Waals surface area contributed by atoms with Gasteiger partial charge in [0, 0.05) is 18.7 Å². The molecule has 1 fully saturated rings. The quantitative estimate of drug-likeness (QED) is 0.495. The molecule has 5 rings (SSSR count). The van der Waals surface area contributed by atoms with Crippen molar-refractivity contribution in [1.29, 1.82) is 0 Å². The fourth-order valence-electron chi connectivity index (χ4n) is 5.32. The van der Waals surface area contributed by atoms with Crippen LogP contribution in [0.2, 0.25) is 0 Å². The molecule has 0 unspecified atom stereocenters. The molecule has 3 aromatic rings. The molecule has 2 amide bonds. The molecular formula is C29H30N2O3S. The molecule has 2 aliphatic rings. The van der Waals surface area contributed by atoms with Crippen LogP contribution in [-0.2, 0) is 17.3 Å². The number of fused-ring (bicyclic) bond motifs is 2. The standard InChI is InChI=1S/C29H30N2O3S/c1-19-14-20(2)17-30(16-19)28(32)22-12-13-27-25(15-22)31(18-23-9-5-4-8-21(23)3)29(33)24-10-6-7-11-26(24)35(27)34/h4-13,15,19-20H,14,16-18H2,1-3H3/t19-,20-,35+/m1/s1. The van der Waals surface area contributed by atoms with E-state index in [1.807, 2.05) is 36.1 Å². The van der Waals surface area contributed by atoms with Gasteiger partial charge in [0.2, 0.25) is 0 Å². The number of carbonyl (C=O) groups is 2. The first kappa shape index (κ1) is 23.5. The van der Waals surface area contributed by atoms with Crippen molar-refractivity contribution in [2.75, 3.05) is 18.0 Å². The summed E-state index contributed by atoms with van der Waals surface area (Å²) < 4.78 is 13.6. The van der Waals surface area contributed by atoms with E-state index < -0.39 is 10.8 Å².